The van der Waals surface area contributed by atoms with Crippen LogP contribution in [-0.4, -0.2) is 9.97 Å². The number of hydrogen-bond donors (Lipinski definition) is 3. The highest BCUT2D eigenvalue weighted by Gasteiger charge is 2.09. The number of benzene rings is 2. The zero-order valence-corrected chi connectivity index (χ0v) is 12.0. The molecule has 3 N–H and O–H groups in total. The predicted molar refractivity (Wildman–Crippen MR) is 82.4 cm³/mol. The lowest BCUT2D eigenvalue weighted by atomic mass is 10.1. The molecule has 0 bridgehead atoms. The van der Waals surface area contributed by atoms with Crippen molar-refractivity contribution in [3.8, 4) is 0 Å². The third-order valence-electron chi connectivity index (χ3n) is 3.29. The first-order valence-corrected chi connectivity index (χ1v) is 6.83. The van der Waals surface area contributed by atoms with E-state index >= 15 is 0 Å². The lowest BCUT2D eigenvalue weighted by Crippen LogP contribution is -2.06. The number of H-pyrrole nitrogens is 2. The van der Waals surface area contributed by atoms with Crippen molar-refractivity contribution in [2.45, 2.75) is 13.0 Å². The summed E-state index contributed by atoms with van der Waals surface area (Å²) in [7, 11) is 0. The minimum absolute atomic E-state index is 0.0642. The monoisotopic (exact) mass is 305 g/mol. The smallest absolute Gasteiger partial charge is 0.323 e. The highest BCUT2D eigenvalue weighted by molar-refractivity contribution is 6.30. The van der Waals surface area contributed by atoms with Crippen LogP contribution < -0.4 is 11.0 Å². The van der Waals surface area contributed by atoms with Crippen LogP contribution >= 0.6 is 11.6 Å². The van der Waals surface area contributed by atoms with Crippen LogP contribution in [-0.2, 0) is 0 Å². The molecule has 1 heterocycles. The number of fused-ring (bicyclic) bond motifs is 1. The van der Waals surface area contributed by atoms with Crippen LogP contribution in [0.5, 0.6) is 0 Å². The van der Waals surface area contributed by atoms with E-state index < -0.39 is 0 Å². The zero-order valence-electron chi connectivity index (χ0n) is 11.2. The summed E-state index contributed by atoms with van der Waals surface area (Å²) in [6, 6.07) is 9.87. The second-order valence-electron chi connectivity index (χ2n) is 4.91. The summed E-state index contributed by atoms with van der Waals surface area (Å²) in [6.45, 7) is 1.95. The van der Waals surface area contributed by atoms with Crippen LogP contribution in [0.25, 0.3) is 11.0 Å². The lowest BCUT2D eigenvalue weighted by molar-refractivity contribution is 0.628. The summed E-state index contributed by atoms with van der Waals surface area (Å²) < 4.78 is 13.3. The fourth-order valence-corrected chi connectivity index (χ4v) is 2.51. The molecular weight excluding hydrogens is 293 g/mol. The number of aromatic nitrogens is 2. The molecule has 21 heavy (non-hydrogen) atoms. The maximum absolute atomic E-state index is 13.3. The Morgan fingerprint density at radius 1 is 1.14 bits per heavy atom. The average Bonchev–Trinajstić information content (AvgIpc) is 2.76. The van der Waals surface area contributed by atoms with E-state index in [4.69, 9.17) is 11.6 Å². The second kappa shape index (κ2) is 5.26. The summed E-state index contributed by atoms with van der Waals surface area (Å²) in [5, 5.41) is 3.53. The molecule has 1 atom stereocenters. The van der Waals surface area contributed by atoms with Gasteiger partial charge < -0.3 is 15.3 Å². The molecule has 2 aromatic carbocycles. The first-order valence-electron chi connectivity index (χ1n) is 6.46. The Hall–Kier alpha value is -2.27. The van der Waals surface area contributed by atoms with Crippen molar-refractivity contribution in [1.82, 2.24) is 9.97 Å². The molecule has 0 fully saturated rings. The van der Waals surface area contributed by atoms with Crippen LogP contribution in [0, 0.1) is 5.82 Å². The standard InChI is InChI=1S/C15H13ClFN3O/c1-8(18-12-6-10(16)5-11(17)7-12)9-2-3-13-14(4-9)20-15(21)19-13/h2-8,18H,1H3,(H2,19,20,21). The Morgan fingerprint density at radius 3 is 2.67 bits per heavy atom. The Balaban J connectivity index is 1.88. The van der Waals surface area contributed by atoms with Crippen molar-refractivity contribution in [2.24, 2.45) is 0 Å². The first-order chi connectivity index (χ1) is 10.0. The van der Waals surface area contributed by atoms with E-state index in [0.717, 1.165) is 16.6 Å². The number of aromatic amines is 2. The third kappa shape index (κ3) is 2.92. The number of rotatable bonds is 3. The number of halogens is 2. The van der Waals surface area contributed by atoms with E-state index in [1.807, 2.05) is 25.1 Å². The van der Waals surface area contributed by atoms with Crippen molar-refractivity contribution >= 4 is 28.3 Å². The predicted octanol–water partition coefficient (Wildman–Crippen LogP) is 3.82. The lowest BCUT2D eigenvalue weighted by Gasteiger charge is -2.16. The quantitative estimate of drug-likeness (QED) is 0.689. The summed E-state index contributed by atoms with van der Waals surface area (Å²) in [5.41, 5.74) is 2.83. The van der Waals surface area contributed by atoms with Crippen molar-refractivity contribution in [3.63, 3.8) is 0 Å². The van der Waals surface area contributed by atoms with Crippen LogP contribution in [0.15, 0.2) is 41.2 Å². The molecule has 0 aliphatic heterocycles. The number of imidazole rings is 1. The summed E-state index contributed by atoms with van der Waals surface area (Å²) in [5.74, 6) is -0.386. The van der Waals surface area contributed by atoms with Gasteiger partial charge in [0, 0.05) is 16.8 Å². The molecule has 0 aliphatic carbocycles. The van der Waals surface area contributed by atoms with Crippen LogP contribution in [0.1, 0.15) is 18.5 Å². The average molecular weight is 306 g/mol. The molecule has 1 aromatic heterocycles. The fraction of sp³-hybridized carbons (Fsp3) is 0.133. The van der Waals surface area contributed by atoms with Gasteiger partial charge in [0.05, 0.1) is 11.0 Å². The van der Waals surface area contributed by atoms with Gasteiger partial charge in [-0.2, -0.15) is 0 Å². The zero-order chi connectivity index (χ0) is 15.0. The molecule has 108 valence electrons. The van der Waals surface area contributed by atoms with Crippen molar-refractivity contribution in [1.29, 1.82) is 0 Å². The highest BCUT2D eigenvalue weighted by atomic mass is 35.5. The SMILES string of the molecule is CC(Nc1cc(F)cc(Cl)c1)c1ccc2[nH]c(=O)[nH]c2c1. The van der Waals surface area contributed by atoms with E-state index in [2.05, 4.69) is 15.3 Å². The molecule has 4 nitrogen and oxygen atoms in total. The van der Waals surface area contributed by atoms with E-state index in [1.54, 1.807) is 6.07 Å². The van der Waals surface area contributed by atoms with Gasteiger partial charge in [-0.1, -0.05) is 17.7 Å². The molecule has 0 saturated carbocycles. The molecule has 0 saturated heterocycles. The molecule has 0 amide bonds. The van der Waals surface area contributed by atoms with E-state index in [0.29, 0.717) is 10.7 Å². The van der Waals surface area contributed by atoms with Gasteiger partial charge in [-0.15, -0.1) is 0 Å². The molecule has 3 aromatic rings. The van der Waals surface area contributed by atoms with Crippen LogP contribution in [0.4, 0.5) is 10.1 Å². The van der Waals surface area contributed by atoms with Gasteiger partial charge >= 0.3 is 5.69 Å². The van der Waals surface area contributed by atoms with Crippen LogP contribution in [0.2, 0.25) is 5.02 Å². The molecule has 0 aliphatic rings. The Morgan fingerprint density at radius 2 is 1.90 bits per heavy atom. The highest BCUT2D eigenvalue weighted by Crippen LogP contribution is 2.24. The fourth-order valence-electron chi connectivity index (χ4n) is 2.29. The van der Waals surface area contributed by atoms with E-state index in [-0.39, 0.29) is 17.5 Å². The molecule has 0 radical (unpaired) electrons. The first kappa shape index (κ1) is 13.7. The largest absolute Gasteiger partial charge is 0.378 e. The molecule has 3 rings (SSSR count). The second-order valence-corrected chi connectivity index (χ2v) is 5.34. The van der Waals surface area contributed by atoms with Gasteiger partial charge in [0.25, 0.3) is 0 Å². The minimum atomic E-state index is -0.386. The minimum Gasteiger partial charge on any atom is -0.378 e. The van der Waals surface area contributed by atoms with Gasteiger partial charge in [-0.25, -0.2) is 9.18 Å². The van der Waals surface area contributed by atoms with Crippen molar-refractivity contribution in [2.75, 3.05) is 5.32 Å². The maximum atomic E-state index is 13.3. The number of anilines is 1. The number of hydrogen-bond acceptors (Lipinski definition) is 2. The van der Waals surface area contributed by atoms with Gasteiger partial charge in [0.15, 0.2) is 0 Å². The maximum Gasteiger partial charge on any atom is 0.323 e. The number of nitrogens with one attached hydrogen (secondary N) is 3. The van der Waals surface area contributed by atoms with Gasteiger partial charge in [-0.05, 0) is 42.8 Å². The Bertz CT molecular complexity index is 835. The van der Waals surface area contributed by atoms with Gasteiger partial charge in [0.2, 0.25) is 0 Å². The summed E-state index contributed by atoms with van der Waals surface area (Å²) in [4.78, 5) is 16.7. The molecule has 0 spiro atoms. The molecular formula is C15H13ClFN3O. The third-order valence-corrected chi connectivity index (χ3v) is 3.50. The normalized spacial score (nSPS) is 12.5. The summed E-state index contributed by atoms with van der Waals surface area (Å²) >= 11 is 5.84. The molecule has 6 heteroatoms. The van der Waals surface area contributed by atoms with Crippen molar-refractivity contribution < 1.29 is 4.39 Å². The summed E-state index contributed by atoms with van der Waals surface area (Å²) in [6.07, 6.45) is 0. The van der Waals surface area contributed by atoms with Crippen LogP contribution in [0.3, 0.4) is 0 Å². The van der Waals surface area contributed by atoms with E-state index in [1.165, 1.54) is 12.1 Å². The van der Waals surface area contributed by atoms with E-state index in [9.17, 15) is 9.18 Å². The Kier molecular flexibility index (Phi) is 3.43. The van der Waals surface area contributed by atoms with Gasteiger partial charge in [-0.3, -0.25) is 0 Å². The van der Waals surface area contributed by atoms with Crippen molar-refractivity contribution in [3.05, 3.63) is 63.3 Å². The topological polar surface area (TPSA) is 60.7 Å². The van der Waals surface area contributed by atoms with Gasteiger partial charge in [0.1, 0.15) is 5.82 Å². The molecule has 1 unspecified atom stereocenters. The Labute approximate surface area is 125 Å².